The van der Waals surface area contributed by atoms with E-state index in [0.717, 1.165) is 11.3 Å². The summed E-state index contributed by atoms with van der Waals surface area (Å²) in [6.45, 7) is 16.7. The van der Waals surface area contributed by atoms with Crippen molar-refractivity contribution in [3.05, 3.63) is 84.3 Å². The van der Waals surface area contributed by atoms with Gasteiger partial charge in [-0.15, -0.1) is 0 Å². The Morgan fingerprint density at radius 2 is 1.23 bits per heavy atom. The Kier molecular flexibility index (Phi) is 8.49. The molecule has 3 nitrogen and oxygen atoms in total. The zero-order valence-corrected chi connectivity index (χ0v) is 19.3. The van der Waals surface area contributed by atoms with Gasteiger partial charge in [-0.25, -0.2) is 0 Å². The van der Waals surface area contributed by atoms with Crippen LogP contribution in [0.3, 0.4) is 0 Å². The van der Waals surface area contributed by atoms with Gasteiger partial charge >= 0.3 is 0 Å². The lowest BCUT2D eigenvalue weighted by atomic mass is 9.99. The van der Waals surface area contributed by atoms with Crippen molar-refractivity contribution in [1.29, 1.82) is 0 Å². The molecular formula is C27H37N3. The van der Waals surface area contributed by atoms with Crippen LogP contribution in [0.4, 0.5) is 0 Å². The molecule has 1 unspecified atom stereocenters. The third-order valence-corrected chi connectivity index (χ3v) is 5.24. The Morgan fingerprint density at radius 1 is 0.800 bits per heavy atom. The molecule has 0 aliphatic carbocycles. The molecule has 2 rings (SSSR count). The summed E-state index contributed by atoms with van der Waals surface area (Å²) in [4.78, 5) is 0. The van der Waals surface area contributed by atoms with Gasteiger partial charge in [0.15, 0.2) is 0 Å². The van der Waals surface area contributed by atoms with Crippen molar-refractivity contribution in [2.24, 2.45) is 11.7 Å². The van der Waals surface area contributed by atoms with Gasteiger partial charge in [-0.2, -0.15) is 0 Å². The van der Waals surface area contributed by atoms with Crippen molar-refractivity contribution < 1.29 is 0 Å². The van der Waals surface area contributed by atoms with Crippen molar-refractivity contribution in [2.45, 2.75) is 53.6 Å². The number of allylic oxidation sites excluding steroid dienone is 2. The third-order valence-electron chi connectivity index (χ3n) is 5.24. The van der Waals surface area contributed by atoms with E-state index in [0.29, 0.717) is 12.0 Å². The van der Waals surface area contributed by atoms with E-state index in [9.17, 15) is 0 Å². The van der Waals surface area contributed by atoms with Crippen molar-refractivity contribution in [2.75, 3.05) is 0 Å². The van der Waals surface area contributed by atoms with Crippen molar-refractivity contribution in [3.8, 4) is 11.1 Å². The lowest BCUT2D eigenvalue weighted by Gasteiger charge is -2.18. The summed E-state index contributed by atoms with van der Waals surface area (Å²) in [5, 5.41) is 6.60. The number of benzene rings is 2. The minimum atomic E-state index is -0.0565. The molecule has 0 aromatic heterocycles. The maximum absolute atomic E-state index is 6.13. The summed E-state index contributed by atoms with van der Waals surface area (Å²) in [6.07, 6.45) is 4.06. The summed E-state index contributed by atoms with van der Waals surface area (Å²) in [5.74, 6) is 0.357. The van der Waals surface area contributed by atoms with Crippen LogP contribution in [0.25, 0.3) is 22.3 Å². The first-order valence-electron chi connectivity index (χ1n) is 10.7. The highest BCUT2D eigenvalue weighted by atomic mass is 14.9. The van der Waals surface area contributed by atoms with Gasteiger partial charge in [-0.05, 0) is 67.0 Å². The van der Waals surface area contributed by atoms with Crippen LogP contribution >= 0.6 is 0 Å². The summed E-state index contributed by atoms with van der Waals surface area (Å²) >= 11 is 0. The van der Waals surface area contributed by atoms with E-state index in [-0.39, 0.29) is 6.04 Å². The fraction of sp³-hybridized carbons (Fsp3) is 0.333. The van der Waals surface area contributed by atoms with E-state index in [4.69, 9.17) is 5.73 Å². The summed E-state index contributed by atoms with van der Waals surface area (Å²) in [5.41, 5.74) is 14.2. The normalized spacial score (nSPS) is 13.5. The molecule has 2 aromatic rings. The SMILES string of the molecule is C=C(N/C=C(\C)c1ccc(-c2ccc(/C(C)=C/NC(C)C)cc2)cc1)C(N)C(C)C. The smallest absolute Gasteiger partial charge is 0.0465 e. The van der Waals surface area contributed by atoms with E-state index in [1.165, 1.54) is 27.8 Å². The molecule has 0 spiro atoms. The monoisotopic (exact) mass is 403 g/mol. The Morgan fingerprint density at radius 3 is 1.63 bits per heavy atom. The van der Waals surface area contributed by atoms with Crippen LogP contribution in [0.1, 0.15) is 52.7 Å². The molecule has 3 heteroatoms. The van der Waals surface area contributed by atoms with Gasteiger partial charge in [-0.1, -0.05) is 69.0 Å². The molecular weight excluding hydrogens is 366 g/mol. The zero-order valence-electron chi connectivity index (χ0n) is 19.3. The lowest BCUT2D eigenvalue weighted by Crippen LogP contribution is -2.33. The second-order valence-electron chi connectivity index (χ2n) is 8.57. The predicted molar refractivity (Wildman–Crippen MR) is 133 cm³/mol. The van der Waals surface area contributed by atoms with Crippen LogP contribution in [0.5, 0.6) is 0 Å². The van der Waals surface area contributed by atoms with Gasteiger partial charge < -0.3 is 16.4 Å². The molecule has 0 amide bonds. The molecule has 2 aromatic carbocycles. The fourth-order valence-corrected chi connectivity index (χ4v) is 3.01. The quantitative estimate of drug-likeness (QED) is 0.470. The Hall–Kier alpha value is -2.78. The first-order chi connectivity index (χ1) is 14.2. The molecule has 0 aliphatic rings. The van der Waals surface area contributed by atoms with Gasteiger partial charge in [0.2, 0.25) is 0 Å². The molecule has 0 fully saturated rings. The Bertz CT molecular complexity index is 885. The van der Waals surface area contributed by atoms with Gasteiger partial charge in [-0.3, -0.25) is 0 Å². The van der Waals surface area contributed by atoms with E-state index in [1.54, 1.807) is 0 Å². The van der Waals surface area contributed by atoms with Crippen LogP contribution in [0.15, 0.2) is 73.2 Å². The van der Waals surface area contributed by atoms with Gasteiger partial charge in [0.05, 0.1) is 0 Å². The van der Waals surface area contributed by atoms with E-state index in [1.807, 2.05) is 6.20 Å². The molecule has 0 aliphatic heterocycles. The fourth-order valence-electron chi connectivity index (χ4n) is 3.01. The van der Waals surface area contributed by atoms with Crippen molar-refractivity contribution in [3.63, 3.8) is 0 Å². The minimum absolute atomic E-state index is 0.0565. The van der Waals surface area contributed by atoms with Crippen LogP contribution in [-0.4, -0.2) is 12.1 Å². The number of rotatable bonds is 9. The maximum atomic E-state index is 6.13. The van der Waals surface area contributed by atoms with E-state index < -0.39 is 0 Å². The first kappa shape index (κ1) is 23.5. The second-order valence-corrected chi connectivity index (χ2v) is 8.57. The first-order valence-corrected chi connectivity index (χ1v) is 10.7. The van der Waals surface area contributed by atoms with Gasteiger partial charge in [0.25, 0.3) is 0 Å². The van der Waals surface area contributed by atoms with Gasteiger partial charge in [0.1, 0.15) is 0 Å². The average molecular weight is 404 g/mol. The maximum Gasteiger partial charge on any atom is 0.0465 e. The largest absolute Gasteiger partial charge is 0.388 e. The van der Waals surface area contributed by atoms with Crippen molar-refractivity contribution in [1.82, 2.24) is 10.6 Å². The number of hydrogen-bond acceptors (Lipinski definition) is 3. The molecule has 0 bridgehead atoms. The molecule has 30 heavy (non-hydrogen) atoms. The predicted octanol–water partition coefficient (Wildman–Crippen LogP) is 6.16. The molecule has 160 valence electrons. The Labute approximate surface area is 182 Å². The number of nitrogens with one attached hydrogen (secondary N) is 2. The molecule has 0 heterocycles. The highest BCUT2D eigenvalue weighted by Gasteiger charge is 2.10. The molecule has 0 saturated heterocycles. The summed E-state index contributed by atoms with van der Waals surface area (Å²) in [7, 11) is 0. The average Bonchev–Trinajstić information content (AvgIpc) is 2.75. The van der Waals surface area contributed by atoms with Crippen LogP contribution in [0.2, 0.25) is 0 Å². The molecule has 4 N–H and O–H groups in total. The van der Waals surface area contributed by atoms with Crippen molar-refractivity contribution >= 4 is 11.1 Å². The molecule has 1 atom stereocenters. The topological polar surface area (TPSA) is 50.1 Å². The Balaban J connectivity index is 2.07. The van der Waals surface area contributed by atoms with E-state index in [2.05, 4.69) is 113 Å². The highest BCUT2D eigenvalue weighted by Crippen LogP contribution is 2.24. The number of nitrogens with two attached hydrogens (primary N) is 1. The number of hydrogen-bond donors (Lipinski definition) is 3. The summed E-state index contributed by atoms with van der Waals surface area (Å²) in [6, 6.07) is 17.7. The van der Waals surface area contributed by atoms with Crippen LogP contribution in [-0.2, 0) is 0 Å². The second kappa shape index (κ2) is 10.8. The highest BCUT2D eigenvalue weighted by molar-refractivity contribution is 5.72. The third kappa shape index (κ3) is 6.64. The van der Waals surface area contributed by atoms with Crippen LogP contribution < -0.4 is 16.4 Å². The standard InChI is InChI=1S/C27H37N3/c1-18(2)27(28)22(7)30-17-21(6)24-10-14-26(15-11-24)25-12-8-23(9-13-25)20(5)16-29-19(3)4/h8-19,27,29-30H,7,28H2,1-6H3/b20-16+,21-17+. The molecule has 0 saturated carbocycles. The molecule has 0 radical (unpaired) electrons. The zero-order chi connectivity index (χ0) is 22.3. The van der Waals surface area contributed by atoms with Gasteiger partial charge in [0, 0.05) is 30.2 Å². The van der Waals surface area contributed by atoms with E-state index >= 15 is 0 Å². The minimum Gasteiger partial charge on any atom is -0.388 e. The summed E-state index contributed by atoms with van der Waals surface area (Å²) < 4.78 is 0. The lowest BCUT2D eigenvalue weighted by molar-refractivity contribution is 0.533. The van der Waals surface area contributed by atoms with Crippen LogP contribution in [0, 0.1) is 5.92 Å².